The molecule has 2 aliphatic heterocycles. The summed E-state index contributed by atoms with van der Waals surface area (Å²) in [7, 11) is 0. The van der Waals surface area contributed by atoms with Crippen molar-refractivity contribution >= 4 is 57.6 Å². The van der Waals surface area contributed by atoms with Gasteiger partial charge in [-0.15, -0.1) is 0 Å². The second-order valence-corrected chi connectivity index (χ2v) is 10.7. The highest BCUT2D eigenvalue weighted by atomic mass is 32.2. The van der Waals surface area contributed by atoms with Gasteiger partial charge in [-0.3, -0.25) is 0 Å². The van der Waals surface area contributed by atoms with Gasteiger partial charge < -0.3 is 9.80 Å². The first kappa shape index (κ1) is 21.2. The van der Waals surface area contributed by atoms with Gasteiger partial charge >= 0.3 is 0 Å². The van der Waals surface area contributed by atoms with Gasteiger partial charge in [0.2, 0.25) is 0 Å². The minimum absolute atomic E-state index is 0.634. The van der Waals surface area contributed by atoms with E-state index in [4.69, 9.17) is 0 Å². The number of hydrogen-bond acceptors (Lipinski definition) is 5. The number of benzene rings is 5. The van der Waals surface area contributed by atoms with E-state index in [1.54, 1.807) is 23.5 Å². The third-order valence-corrected chi connectivity index (χ3v) is 8.71. The van der Waals surface area contributed by atoms with Crippen molar-refractivity contribution in [3.05, 3.63) is 121 Å². The fraction of sp³-hybridized carbons (Fsp3) is 0. The quantitative estimate of drug-likeness (QED) is 0.237. The number of hydrogen-bond donors (Lipinski definition) is 0. The summed E-state index contributed by atoms with van der Waals surface area (Å²) in [5.74, 6) is 0. The third kappa shape index (κ3) is 3.30. The maximum absolute atomic E-state index is 9.88. The van der Waals surface area contributed by atoms with E-state index in [0.29, 0.717) is 5.56 Å². The van der Waals surface area contributed by atoms with Crippen LogP contribution in [0.1, 0.15) is 5.56 Å². The van der Waals surface area contributed by atoms with Crippen molar-refractivity contribution < 1.29 is 0 Å². The second-order valence-electron chi connectivity index (χ2n) is 8.56. The average molecular weight is 498 g/mol. The lowest BCUT2D eigenvalue weighted by Crippen LogP contribution is -2.21. The summed E-state index contributed by atoms with van der Waals surface area (Å²) < 4.78 is 0. The molecule has 0 spiro atoms. The molecule has 5 aromatic rings. The van der Waals surface area contributed by atoms with Gasteiger partial charge in [0.05, 0.1) is 45.8 Å². The molecule has 170 valence electrons. The van der Waals surface area contributed by atoms with E-state index in [1.165, 1.54) is 19.6 Å². The summed E-state index contributed by atoms with van der Waals surface area (Å²) in [5, 5.41) is 9.88. The normalized spacial score (nSPS) is 13.2. The van der Waals surface area contributed by atoms with Crippen molar-refractivity contribution in [1.29, 1.82) is 5.26 Å². The van der Waals surface area contributed by atoms with Crippen LogP contribution in [0, 0.1) is 11.3 Å². The van der Waals surface area contributed by atoms with E-state index in [2.05, 4.69) is 119 Å². The van der Waals surface area contributed by atoms with E-state index in [1.807, 2.05) is 12.1 Å². The average Bonchev–Trinajstić information content (AvgIpc) is 2.94. The van der Waals surface area contributed by atoms with Gasteiger partial charge in [-0.25, -0.2) is 0 Å². The monoisotopic (exact) mass is 497 g/mol. The third-order valence-electron chi connectivity index (χ3n) is 6.45. The number of nitriles is 1. The van der Waals surface area contributed by atoms with E-state index >= 15 is 0 Å². The summed E-state index contributed by atoms with van der Waals surface area (Å²) >= 11 is 3.58. The van der Waals surface area contributed by atoms with Crippen LogP contribution >= 0.6 is 23.5 Å². The Bertz CT molecular complexity index is 1600. The van der Waals surface area contributed by atoms with E-state index < -0.39 is 0 Å². The lowest BCUT2D eigenvalue weighted by atomic mass is 10.1. The molecule has 0 atom stereocenters. The van der Waals surface area contributed by atoms with Gasteiger partial charge in [0, 0.05) is 19.6 Å². The topological polar surface area (TPSA) is 30.3 Å². The van der Waals surface area contributed by atoms with Crippen LogP contribution in [0.25, 0.3) is 0 Å². The maximum atomic E-state index is 9.88. The Labute approximate surface area is 218 Å². The highest BCUT2D eigenvalue weighted by Gasteiger charge is 2.31. The number of nitrogens with zero attached hydrogens (tertiary/aromatic N) is 3. The zero-order valence-electron chi connectivity index (χ0n) is 19.1. The van der Waals surface area contributed by atoms with Crippen LogP contribution in [-0.4, -0.2) is 0 Å². The van der Waals surface area contributed by atoms with E-state index in [0.717, 1.165) is 34.1 Å². The van der Waals surface area contributed by atoms with Crippen molar-refractivity contribution in [2.75, 3.05) is 9.80 Å². The summed E-state index contributed by atoms with van der Waals surface area (Å²) in [6, 6.07) is 42.4. The van der Waals surface area contributed by atoms with Crippen LogP contribution in [0.2, 0.25) is 0 Å². The summed E-state index contributed by atoms with van der Waals surface area (Å²) in [4.78, 5) is 9.46. The standard InChI is InChI=1S/C31H19N3S2/c32-20-21-17-18-22(33-23-9-1-5-13-28(23)35-29-14-6-2-10-24(29)33)27(19-21)34-25-11-3-7-15-30(25)36-31-16-8-4-12-26(31)34/h1-19H. The molecule has 0 bridgehead atoms. The Morgan fingerprint density at radius 3 is 1.25 bits per heavy atom. The first-order chi connectivity index (χ1) is 17.8. The van der Waals surface area contributed by atoms with Gasteiger partial charge in [-0.2, -0.15) is 5.26 Å². The molecule has 0 amide bonds. The van der Waals surface area contributed by atoms with Crippen LogP contribution in [0.4, 0.5) is 34.1 Å². The van der Waals surface area contributed by atoms with Crippen LogP contribution in [0.15, 0.2) is 135 Å². The van der Waals surface area contributed by atoms with Crippen molar-refractivity contribution in [1.82, 2.24) is 0 Å². The van der Waals surface area contributed by atoms with Gasteiger partial charge in [0.25, 0.3) is 0 Å². The Kier molecular flexibility index (Phi) is 5.02. The molecule has 0 N–H and O–H groups in total. The number of rotatable bonds is 2. The smallest absolute Gasteiger partial charge is 0.0992 e. The maximum Gasteiger partial charge on any atom is 0.0992 e. The summed E-state index contributed by atoms with van der Waals surface area (Å²) in [6.45, 7) is 0. The molecule has 5 aromatic carbocycles. The molecule has 0 fully saturated rings. The minimum atomic E-state index is 0.634. The molecular formula is C31H19N3S2. The molecule has 0 radical (unpaired) electrons. The summed E-state index contributed by atoms with van der Waals surface area (Å²) in [6.07, 6.45) is 0. The minimum Gasteiger partial charge on any atom is -0.306 e. The van der Waals surface area contributed by atoms with Gasteiger partial charge in [0.15, 0.2) is 0 Å². The molecule has 0 aromatic heterocycles. The molecule has 2 aliphatic rings. The Morgan fingerprint density at radius 2 is 0.833 bits per heavy atom. The number of para-hydroxylation sites is 4. The first-order valence-electron chi connectivity index (χ1n) is 11.7. The zero-order chi connectivity index (χ0) is 24.1. The van der Waals surface area contributed by atoms with Crippen LogP contribution < -0.4 is 9.80 Å². The lowest BCUT2D eigenvalue weighted by Gasteiger charge is -2.38. The predicted octanol–water partition coefficient (Wildman–Crippen LogP) is 9.43. The fourth-order valence-corrected chi connectivity index (χ4v) is 7.01. The molecule has 5 heteroatoms. The highest BCUT2D eigenvalue weighted by molar-refractivity contribution is 8.00. The molecule has 3 nitrogen and oxygen atoms in total. The second kappa shape index (κ2) is 8.53. The number of fused-ring (bicyclic) bond motifs is 4. The van der Waals surface area contributed by atoms with E-state index in [9.17, 15) is 5.26 Å². The fourth-order valence-electron chi connectivity index (χ4n) is 4.89. The van der Waals surface area contributed by atoms with Crippen LogP contribution in [0.5, 0.6) is 0 Å². The van der Waals surface area contributed by atoms with Crippen molar-refractivity contribution in [2.24, 2.45) is 0 Å². The van der Waals surface area contributed by atoms with Gasteiger partial charge in [-0.05, 0) is 66.7 Å². The van der Waals surface area contributed by atoms with Gasteiger partial charge in [-0.1, -0.05) is 72.1 Å². The SMILES string of the molecule is N#Cc1ccc(N2c3ccccc3Sc3ccccc32)c(N2c3ccccc3Sc3ccccc32)c1. The number of anilines is 6. The Balaban J connectivity index is 1.54. The Hall–Kier alpha value is -4.11. The molecule has 36 heavy (non-hydrogen) atoms. The van der Waals surface area contributed by atoms with E-state index in [-0.39, 0.29) is 0 Å². The molecular weight excluding hydrogens is 478 g/mol. The molecule has 7 rings (SSSR count). The molecule has 0 saturated heterocycles. The van der Waals surface area contributed by atoms with Crippen molar-refractivity contribution in [2.45, 2.75) is 19.6 Å². The largest absolute Gasteiger partial charge is 0.306 e. The lowest BCUT2D eigenvalue weighted by molar-refractivity contribution is 1.13. The molecule has 0 aliphatic carbocycles. The van der Waals surface area contributed by atoms with Crippen molar-refractivity contribution in [3.63, 3.8) is 0 Å². The molecule has 2 heterocycles. The first-order valence-corrected chi connectivity index (χ1v) is 13.3. The summed E-state index contributed by atoms with van der Waals surface area (Å²) in [5.41, 5.74) is 7.16. The molecule has 0 saturated carbocycles. The van der Waals surface area contributed by atoms with Crippen LogP contribution in [0.3, 0.4) is 0 Å². The molecule has 0 unspecified atom stereocenters. The van der Waals surface area contributed by atoms with Crippen LogP contribution in [-0.2, 0) is 0 Å². The zero-order valence-corrected chi connectivity index (χ0v) is 20.8. The Morgan fingerprint density at radius 1 is 0.444 bits per heavy atom. The van der Waals surface area contributed by atoms with Gasteiger partial charge in [0.1, 0.15) is 0 Å². The van der Waals surface area contributed by atoms with Crippen molar-refractivity contribution in [3.8, 4) is 6.07 Å². The predicted molar refractivity (Wildman–Crippen MR) is 149 cm³/mol. The highest BCUT2D eigenvalue weighted by Crippen LogP contribution is 2.57.